The van der Waals surface area contributed by atoms with Crippen LogP contribution in [0.15, 0.2) is 29.4 Å². The molecule has 2 aromatic heterocycles. The summed E-state index contributed by atoms with van der Waals surface area (Å²) in [6.07, 6.45) is 6.67. The molecule has 1 aliphatic heterocycles. The standard InChI is InChI=1S/C16H23N3OS/c1-2-12(17)10-14-16(21-11-13-6-5-9-20-13)18-15-7-3-4-8-19(14)15/h3-4,7-8,12-13H,2,5-6,9-11,17H2,1H3. The zero-order valence-electron chi connectivity index (χ0n) is 12.5. The highest BCUT2D eigenvalue weighted by Gasteiger charge is 2.19. The number of nitrogens with two attached hydrogens (primary N) is 1. The third-order valence-corrected chi connectivity index (χ3v) is 5.14. The number of aromatic nitrogens is 2. The summed E-state index contributed by atoms with van der Waals surface area (Å²) in [6.45, 7) is 3.04. The highest BCUT2D eigenvalue weighted by molar-refractivity contribution is 7.99. The Balaban J connectivity index is 1.82. The monoisotopic (exact) mass is 305 g/mol. The summed E-state index contributed by atoms with van der Waals surface area (Å²) in [5.41, 5.74) is 8.41. The second kappa shape index (κ2) is 6.81. The van der Waals surface area contributed by atoms with Gasteiger partial charge in [-0.2, -0.15) is 0 Å². The molecule has 5 heteroatoms. The first-order chi connectivity index (χ1) is 10.3. The van der Waals surface area contributed by atoms with Crippen molar-refractivity contribution >= 4 is 17.4 Å². The molecule has 1 fully saturated rings. The van der Waals surface area contributed by atoms with E-state index < -0.39 is 0 Å². The quantitative estimate of drug-likeness (QED) is 0.834. The van der Waals surface area contributed by atoms with Crippen molar-refractivity contribution < 1.29 is 4.74 Å². The molecule has 1 aliphatic rings. The number of thioether (sulfide) groups is 1. The van der Waals surface area contributed by atoms with Gasteiger partial charge in [-0.25, -0.2) is 4.98 Å². The second-order valence-electron chi connectivity index (χ2n) is 5.61. The molecule has 0 aromatic carbocycles. The molecule has 0 spiro atoms. The van der Waals surface area contributed by atoms with Crippen LogP contribution < -0.4 is 5.73 Å². The van der Waals surface area contributed by atoms with Crippen molar-refractivity contribution in [3.63, 3.8) is 0 Å². The van der Waals surface area contributed by atoms with Crippen LogP contribution in [0.25, 0.3) is 5.65 Å². The maximum atomic E-state index is 6.17. The third-order valence-electron chi connectivity index (χ3n) is 4.00. The minimum Gasteiger partial charge on any atom is -0.377 e. The molecule has 114 valence electrons. The van der Waals surface area contributed by atoms with Crippen LogP contribution in [0.3, 0.4) is 0 Å². The normalized spacial score (nSPS) is 20.2. The van der Waals surface area contributed by atoms with Crippen molar-refractivity contribution in [3.8, 4) is 0 Å². The van der Waals surface area contributed by atoms with Gasteiger partial charge in [-0.3, -0.25) is 0 Å². The number of ether oxygens (including phenoxy) is 1. The summed E-state index contributed by atoms with van der Waals surface area (Å²) in [5, 5.41) is 1.11. The van der Waals surface area contributed by atoms with E-state index in [1.165, 1.54) is 18.5 Å². The van der Waals surface area contributed by atoms with E-state index in [1.807, 2.05) is 23.9 Å². The molecule has 21 heavy (non-hydrogen) atoms. The molecule has 2 N–H and O–H groups in total. The number of fused-ring (bicyclic) bond motifs is 1. The summed E-state index contributed by atoms with van der Waals surface area (Å²) in [4.78, 5) is 4.78. The Morgan fingerprint density at radius 3 is 3.19 bits per heavy atom. The van der Waals surface area contributed by atoms with Crippen LogP contribution in [0, 0.1) is 0 Å². The Bertz CT molecular complexity index is 592. The number of imidazole rings is 1. The lowest BCUT2D eigenvalue weighted by molar-refractivity contribution is 0.129. The molecule has 0 bridgehead atoms. The molecule has 2 aromatic rings. The third kappa shape index (κ3) is 3.42. The van der Waals surface area contributed by atoms with E-state index in [9.17, 15) is 0 Å². The zero-order chi connectivity index (χ0) is 14.7. The maximum Gasteiger partial charge on any atom is 0.138 e. The predicted molar refractivity (Wildman–Crippen MR) is 86.9 cm³/mol. The molecule has 0 radical (unpaired) electrons. The van der Waals surface area contributed by atoms with Crippen molar-refractivity contribution in [2.24, 2.45) is 5.73 Å². The Morgan fingerprint density at radius 2 is 2.43 bits per heavy atom. The average Bonchev–Trinajstić information content (AvgIpc) is 3.13. The Kier molecular flexibility index (Phi) is 4.83. The Labute approximate surface area is 130 Å². The molecule has 0 saturated carbocycles. The lowest BCUT2D eigenvalue weighted by atomic mass is 10.1. The van der Waals surface area contributed by atoms with Gasteiger partial charge in [0.1, 0.15) is 10.7 Å². The lowest BCUT2D eigenvalue weighted by Crippen LogP contribution is -2.22. The molecule has 3 rings (SSSR count). The van der Waals surface area contributed by atoms with Gasteiger partial charge in [0.25, 0.3) is 0 Å². The van der Waals surface area contributed by atoms with Crippen molar-refractivity contribution in [1.82, 2.24) is 9.38 Å². The molecular formula is C16H23N3OS. The largest absolute Gasteiger partial charge is 0.377 e. The molecule has 0 aliphatic carbocycles. The van der Waals surface area contributed by atoms with E-state index in [-0.39, 0.29) is 6.04 Å². The molecule has 4 nitrogen and oxygen atoms in total. The number of pyridine rings is 1. The SMILES string of the molecule is CCC(N)Cc1c(SCC2CCCO2)nc2ccccn12. The number of rotatable bonds is 6. The fourth-order valence-corrected chi connectivity index (χ4v) is 3.78. The number of hydrogen-bond donors (Lipinski definition) is 1. The predicted octanol–water partition coefficient (Wildman–Crippen LogP) is 2.89. The van der Waals surface area contributed by atoms with Gasteiger partial charge >= 0.3 is 0 Å². The van der Waals surface area contributed by atoms with Gasteiger partial charge in [0, 0.05) is 31.0 Å². The van der Waals surface area contributed by atoms with Crippen LogP contribution in [0.2, 0.25) is 0 Å². The smallest absolute Gasteiger partial charge is 0.138 e. The van der Waals surface area contributed by atoms with Crippen molar-refractivity contribution in [3.05, 3.63) is 30.1 Å². The lowest BCUT2D eigenvalue weighted by Gasteiger charge is -2.11. The molecule has 0 amide bonds. The summed E-state index contributed by atoms with van der Waals surface area (Å²) in [7, 11) is 0. The van der Waals surface area contributed by atoms with E-state index in [4.69, 9.17) is 15.5 Å². The van der Waals surface area contributed by atoms with Gasteiger partial charge in [0.15, 0.2) is 0 Å². The van der Waals surface area contributed by atoms with Gasteiger partial charge in [0.2, 0.25) is 0 Å². The minimum absolute atomic E-state index is 0.187. The van der Waals surface area contributed by atoms with Gasteiger partial charge < -0.3 is 14.9 Å². The summed E-state index contributed by atoms with van der Waals surface area (Å²) in [6, 6.07) is 6.31. The molecule has 3 heterocycles. The fourth-order valence-electron chi connectivity index (χ4n) is 2.67. The summed E-state index contributed by atoms with van der Waals surface area (Å²) >= 11 is 1.81. The van der Waals surface area contributed by atoms with E-state index in [1.54, 1.807) is 0 Å². The second-order valence-corrected chi connectivity index (χ2v) is 6.62. The topological polar surface area (TPSA) is 52.5 Å². The Hall–Kier alpha value is -1.04. The maximum absolute atomic E-state index is 6.17. The molecular weight excluding hydrogens is 282 g/mol. The molecule has 2 unspecified atom stereocenters. The fraction of sp³-hybridized carbons (Fsp3) is 0.562. The average molecular weight is 305 g/mol. The first-order valence-electron chi connectivity index (χ1n) is 7.74. The first-order valence-corrected chi connectivity index (χ1v) is 8.72. The first kappa shape index (κ1) is 14.9. The minimum atomic E-state index is 0.187. The molecule has 1 saturated heterocycles. The van der Waals surface area contributed by atoms with E-state index in [2.05, 4.69) is 23.6 Å². The van der Waals surface area contributed by atoms with Crippen LogP contribution in [0.5, 0.6) is 0 Å². The highest BCUT2D eigenvalue weighted by Crippen LogP contribution is 2.28. The highest BCUT2D eigenvalue weighted by atomic mass is 32.2. The number of nitrogens with zero attached hydrogens (tertiary/aromatic N) is 2. The van der Waals surface area contributed by atoms with Crippen LogP contribution >= 0.6 is 11.8 Å². The Morgan fingerprint density at radius 1 is 1.52 bits per heavy atom. The zero-order valence-corrected chi connectivity index (χ0v) is 13.3. The number of hydrogen-bond acceptors (Lipinski definition) is 4. The summed E-state index contributed by atoms with van der Waals surface area (Å²) in [5.74, 6) is 0.984. The van der Waals surface area contributed by atoms with Crippen LogP contribution in [-0.2, 0) is 11.2 Å². The molecule has 2 atom stereocenters. The van der Waals surface area contributed by atoms with Crippen LogP contribution in [0.1, 0.15) is 31.9 Å². The van der Waals surface area contributed by atoms with Gasteiger partial charge in [-0.05, 0) is 31.4 Å². The van der Waals surface area contributed by atoms with Crippen molar-refractivity contribution in [1.29, 1.82) is 0 Å². The van der Waals surface area contributed by atoms with Gasteiger partial charge in [-0.1, -0.05) is 13.0 Å². The summed E-state index contributed by atoms with van der Waals surface area (Å²) < 4.78 is 7.88. The van der Waals surface area contributed by atoms with E-state index in [0.29, 0.717) is 6.10 Å². The van der Waals surface area contributed by atoms with E-state index in [0.717, 1.165) is 35.9 Å². The van der Waals surface area contributed by atoms with Gasteiger partial charge in [-0.15, -0.1) is 11.8 Å². The van der Waals surface area contributed by atoms with Crippen molar-refractivity contribution in [2.45, 2.75) is 49.8 Å². The van der Waals surface area contributed by atoms with Gasteiger partial charge in [0.05, 0.1) is 11.8 Å². The van der Waals surface area contributed by atoms with E-state index >= 15 is 0 Å². The van der Waals surface area contributed by atoms with Crippen LogP contribution in [-0.4, -0.2) is 33.9 Å². The van der Waals surface area contributed by atoms with Crippen molar-refractivity contribution in [2.75, 3.05) is 12.4 Å². The van der Waals surface area contributed by atoms with Crippen LogP contribution in [0.4, 0.5) is 0 Å².